The van der Waals surface area contributed by atoms with Crippen molar-refractivity contribution in [3.63, 3.8) is 0 Å². The Balaban J connectivity index is 2.30. The van der Waals surface area contributed by atoms with Gasteiger partial charge in [0, 0.05) is 11.1 Å². The number of hydrogen-bond donors (Lipinski definition) is 1. The van der Waals surface area contributed by atoms with Gasteiger partial charge in [-0.2, -0.15) is 0 Å². The van der Waals surface area contributed by atoms with Crippen molar-refractivity contribution in [2.24, 2.45) is 0 Å². The van der Waals surface area contributed by atoms with E-state index in [-0.39, 0.29) is 12.2 Å². The van der Waals surface area contributed by atoms with Gasteiger partial charge >= 0.3 is 5.97 Å². The SMILES string of the molecule is COC(=O)CC(=O)C1=CC(=N)c2ccccc21. The van der Waals surface area contributed by atoms with E-state index in [2.05, 4.69) is 4.74 Å². The first-order valence-electron chi connectivity index (χ1n) is 5.13. The normalized spacial score (nSPS) is 13.0. The Labute approximate surface area is 98.4 Å². The van der Waals surface area contributed by atoms with Gasteiger partial charge in [-0.3, -0.25) is 9.59 Å². The number of ether oxygens (including phenoxy) is 1. The van der Waals surface area contributed by atoms with E-state index in [4.69, 9.17) is 5.41 Å². The number of methoxy groups -OCH3 is 1. The number of hydrogen-bond acceptors (Lipinski definition) is 4. The van der Waals surface area contributed by atoms with Crippen LogP contribution < -0.4 is 0 Å². The van der Waals surface area contributed by atoms with Crippen LogP contribution in [0.3, 0.4) is 0 Å². The van der Waals surface area contributed by atoms with Crippen LogP contribution in [-0.2, 0) is 14.3 Å². The Kier molecular flexibility index (Phi) is 2.87. The van der Waals surface area contributed by atoms with Gasteiger partial charge in [-0.15, -0.1) is 0 Å². The van der Waals surface area contributed by atoms with Gasteiger partial charge in [0.25, 0.3) is 0 Å². The van der Waals surface area contributed by atoms with Crippen LogP contribution in [0.25, 0.3) is 5.57 Å². The van der Waals surface area contributed by atoms with Crippen LogP contribution in [0.5, 0.6) is 0 Å². The third-order valence-electron chi connectivity index (χ3n) is 2.63. The molecule has 1 aromatic rings. The van der Waals surface area contributed by atoms with Crippen molar-refractivity contribution in [1.29, 1.82) is 5.41 Å². The highest BCUT2D eigenvalue weighted by molar-refractivity contribution is 6.35. The van der Waals surface area contributed by atoms with Gasteiger partial charge in [0.15, 0.2) is 5.78 Å². The predicted molar refractivity (Wildman–Crippen MR) is 62.9 cm³/mol. The van der Waals surface area contributed by atoms with E-state index < -0.39 is 5.97 Å². The predicted octanol–water partition coefficient (Wildman–Crippen LogP) is 1.58. The van der Waals surface area contributed by atoms with Crippen molar-refractivity contribution in [3.05, 3.63) is 41.5 Å². The number of carbonyl (C=O) groups is 2. The summed E-state index contributed by atoms with van der Waals surface area (Å²) in [4.78, 5) is 22.9. The topological polar surface area (TPSA) is 67.2 Å². The smallest absolute Gasteiger partial charge is 0.313 e. The summed E-state index contributed by atoms with van der Waals surface area (Å²) in [5.74, 6) is -0.877. The van der Waals surface area contributed by atoms with Gasteiger partial charge in [0.2, 0.25) is 0 Å². The molecule has 0 heterocycles. The van der Waals surface area contributed by atoms with Crippen molar-refractivity contribution in [1.82, 2.24) is 0 Å². The van der Waals surface area contributed by atoms with Crippen LogP contribution >= 0.6 is 0 Å². The van der Waals surface area contributed by atoms with Gasteiger partial charge in [0.1, 0.15) is 6.42 Å². The number of carbonyl (C=O) groups excluding carboxylic acids is 2. The minimum atomic E-state index is -0.563. The molecule has 0 bridgehead atoms. The van der Waals surface area contributed by atoms with E-state index in [1.165, 1.54) is 13.2 Å². The highest BCUT2D eigenvalue weighted by atomic mass is 16.5. The monoisotopic (exact) mass is 229 g/mol. The summed E-state index contributed by atoms with van der Waals surface area (Å²) in [5.41, 5.74) is 2.15. The quantitative estimate of drug-likeness (QED) is 0.632. The second-order valence-corrected chi connectivity index (χ2v) is 3.69. The van der Waals surface area contributed by atoms with E-state index in [0.717, 1.165) is 5.56 Å². The van der Waals surface area contributed by atoms with Crippen molar-refractivity contribution in [3.8, 4) is 0 Å². The molecule has 1 N–H and O–H groups in total. The Morgan fingerprint density at radius 2 is 1.88 bits per heavy atom. The van der Waals surface area contributed by atoms with Crippen molar-refractivity contribution < 1.29 is 14.3 Å². The van der Waals surface area contributed by atoms with Crippen LogP contribution in [0.1, 0.15) is 17.5 Å². The number of rotatable bonds is 3. The lowest BCUT2D eigenvalue weighted by molar-refractivity contribution is -0.142. The van der Waals surface area contributed by atoms with Gasteiger partial charge in [-0.25, -0.2) is 0 Å². The molecule has 86 valence electrons. The van der Waals surface area contributed by atoms with Crippen molar-refractivity contribution >= 4 is 23.0 Å². The molecule has 0 atom stereocenters. The number of fused-ring (bicyclic) bond motifs is 1. The molecule has 0 saturated carbocycles. The summed E-state index contributed by atoms with van der Waals surface area (Å²) in [7, 11) is 1.24. The molecule has 1 aliphatic rings. The number of benzene rings is 1. The second kappa shape index (κ2) is 4.33. The molecular weight excluding hydrogens is 218 g/mol. The molecule has 17 heavy (non-hydrogen) atoms. The number of esters is 1. The Hall–Kier alpha value is -2.23. The lowest BCUT2D eigenvalue weighted by Crippen LogP contribution is -2.10. The molecule has 0 unspecified atom stereocenters. The first-order valence-corrected chi connectivity index (χ1v) is 5.13. The molecule has 0 fully saturated rings. The average Bonchev–Trinajstić information content (AvgIpc) is 2.67. The standard InChI is InChI=1S/C13H11NO3/c1-17-13(16)7-12(15)10-6-11(14)9-5-3-2-4-8(9)10/h2-6,14H,7H2,1H3. The molecular formula is C13H11NO3. The van der Waals surface area contributed by atoms with Crippen LogP contribution in [0.15, 0.2) is 30.3 Å². The maximum atomic E-state index is 11.9. The summed E-state index contributed by atoms with van der Waals surface area (Å²) in [5, 5.41) is 7.74. The molecule has 0 amide bonds. The van der Waals surface area contributed by atoms with Crippen LogP contribution in [0, 0.1) is 5.41 Å². The van der Waals surface area contributed by atoms with Crippen molar-refractivity contribution in [2.75, 3.05) is 7.11 Å². The van der Waals surface area contributed by atoms with E-state index >= 15 is 0 Å². The van der Waals surface area contributed by atoms with Crippen LogP contribution in [-0.4, -0.2) is 24.6 Å². The molecule has 0 spiro atoms. The molecule has 1 aliphatic carbocycles. The first kappa shape index (κ1) is 11.3. The minimum absolute atomic E-state index is 0.288. The highest BCUT2D eigenvalue weighted by Crippen LogP contribution is 2.28. The number of allylic oxidation sites excluding steroid dienone is 2. The molecule has 4 heteroatoms. The molecule has 0 radical (unpaired) electrons. The molecule has 0 aromatic heterocycles. The molecule has 4 nitrogen and oxygen atoms in total. The summed E-state index contributed by atoms with van der Waals surface area (Å²) >= 11 is 0. The lowest BCUT2D eigenvalue weighted by Gasteiger charge is -2.03. The number of nitrogens with one attached hydrogen (secondary N) is 1. The average molecular weight is 229 g/mol. The fourth-order valence-corrected chi connectivity index (χ4v) is 1.78. The van der Waals surface area contributed by atoms with E-state index in [9.17, 15) is 9.59 Å². The van der Waals surface area contributed by atoms with E-state index in [0.29, 0.717) is 16.8 Å². The molecule has 1 aromatic carbocycles. The number of Topliss-reactive ketones (excluding diaryl/α,β-unsaturated/α-hetero) is 1. The first-order chi connectivity index (χ1) is 8.13. The van der Waals surface area contributed by atoms with Gasteiger partial charge in [-0.1, -0.05) is 24.3 Å². The highest BCUT2D eigenvalue weighted by Gasteiger charge is 2.24. The molecule has 0 saturated heterocycles. The zero-order valence-corrected chi connectivity index (χ0v) is 9.32. The zero-order chi connectivity index (χ0) is 12.4. The van der Waals surface area contributed by atoms with Gasteiger partial charge in [0.05, 0.1) is 12.8 Å². The summed E-state index contributed by atoms with van der Waals surface area (Å²) in [6, 6.07) is 7.18. The van der Waals surface area contributed by atoms with Crippen LogP contribution in [0.4, 0.5) is 0 Å². The Morgan fingerprint density at radius 3 is 2.53 bits per heavy atom. The fourth-order valence-electron chi connectivity index (χ4n) is 1.78. The lowest BCUT2D eigenvalue weighted by atomic mass is 10.0. The maximum absolute atomic E-state index is 11.9. The third-order valence-corrected chi connectivity index (χ3v) is 2.63. The van der Waals surface area contributed by atoms with E-state index in [1.807, 2.05) is 6.07 Å². The molecule has 2 rings (SSSR count). The summed E-state index contributed by atoms with van der Waals surface area (Å²) < 4.78 is 4.45. The zero-order valence-electron chi connectivity index (χ0n) is 9.32. The van der Waals surface area contributed by atoms with Crippen molar-refractivity contribution in [2.45, 2.75) is 6.42 Å². The largest absolute Gasteiger partial charge is 0.469 e. The van der Waals surface area contributed by atoms with Gasteiger partial charge < -0.3 is 10.1 Å². The fraction of sp³-hybridized carbons (Fsp3) is 0.154. The maximum Gasteiger partial charge on any atom is 0.313 e. The Morgan fingerprint density at radius 1 is 1.24 bits per heavy atom. The summed E-state index contributed by atoms with van der Waals surface area (Å²) in [6.07, 6.45) is 1.21. The Bertz CT molecular complexity index is 543. The third kappa shape index (κ3) is 2.01. The van der Waals surface area contributed by atoms with Gasteiger partial charge in [-0.05, 0) is 11.6 Å². The number of ketones is 1. The summed E-state index contributed by atoms with van der Waals surface area (Å²) in [6.45, 7) is 0. The molecule has 0 aliphatic heterocycles. The van der Waals surface area contributed by atoms with Crippen LogP contribution in [0.2, 0.25) is 0 Å². The second-order valence-electron chi connectivity index (χ2n) is 3.69. The minimum Gasteiger partial charge on any atom is -0.469 e. The van der Waals surface area contributed by atoms with E-state index in [1.54, 1.807) is 18.2 Å².